The summed E-state index contributed by atoms with van der Waals surface area (Å²) in [6.45, 7) is 6.76. The summed E-state index contributed by atoms with van der Waals surface area (Å²) in [5.41, 5.74) is 0.786. The second-order valence-corrected chi connectivity index (χ2v) is 5.51. The van der Waals surface area contributed by atoms with Gasteiger partial charge in [0.1, 0.15) is 4.88 Å². The lowest BCUT2D eigenvalue weighted by molar-refractivity contribution is 0.0952. The molecule has 0 aliphatic rings. The first-order chi connectivity index (χ1) is 7.56. The second-order valence-electron chi connectivity index (χ2n) is 4.11. The molecule has 1 atom stereocenters. The molecule has 6 heteroatoms. The molecule has 90 valence electrons. The van der Waals surface area contributed by atoms with Gasteiger partial charge in [-0.3, -0.25) is 4.79 Å². The van der Waals surface area contributed by atoms with Gasteiger partial charge >= 0.3 is 0 Å². The third-order valence-electron chi connectivity index (χ3n) is 2.14. The number of nitrogens with one attached hydrogen (secondary N) is 1. The van der Waals surface area contributed by atoms with Crippen molar-refractivity contribution in [2.45, 2.75) is 26.7 Å². The van der Waals surface area contributed by atoms with Crippen LogP contribution in [0.15, 0.2) is 0 Å². The number of nitrogens with zero attached hydrogens (tertiary/aromatic N) is 2. The van der Waals surface area contributed by atoms with E-state index in [4.69, 9.17) is 0 Å². The van der Waals surface area contributed by atoms with Crippen molar-refractivity contribution in [1.82, 2.24) is 14.9 Å². The zero-order valence-electron chi connectivity index (χ0n) is 9.66. The minimum atomic E-state index is -0.0634. The van der Waals surface area contributed by atoms with Crippen LogP contribution in [0.2, 0.25) is 0 Å². The van der Waals surface area contributed by atoms with E-state index >= 15 is 0 Å². The lowest BCUT2D eigenvalue weighted by Crippen LogP contribution is -2.29. The molecule has 0 aliphatic heterocycles. The van der Waals surface area contributed by atoms with Crippen molar-refractivity contribution in [3.8, 4) is 0 Å². The third kappa shape index (κ3) is 3.52. The molecule has 4 nitrogen and oxygen atoms in total. The molecule has 0 aromatic carbocycles. The molecule has 1 aromatic rings. The van der Waals surface area contributed by atoms with Crippen molar-refractivity contribution in [3.63, 3.8) is 0 Å². The van der Waals surface area contributed by atoms with Gasteiger partial charge in [0.15, 0.2) is 0 Å². The van der Waals surface area contributed by atoms with Crippen LogP contribution in [0, 0.1) is 5.92 Å². The molecule has 1 heterocycles. The first-order valence-electron chi connectivity index (χ1n) is 5.22. The molecule has 0 saturated carbocycles. The van der Waals surface area contributed by atoms with Crippen molar-refractivity contribution < 1.29 is 4.79 Å². The topological polar surface area (TPSA) is 54.9 Å². The average Bonchev–Trinajstić information content (AvgIpc) is 2.74. The highest BCUT2D eigenvalue weighted by Crippen LogP contribution is 2.19. The Kier molecular flexibility index (Phi) is 5.34. The van der Waals surface area contributed by atoms with E-state index in [1.165, 1.54) is 0 Å². The maximum absolute atomic E-state index is 11.9. The largest absolute Gasteiger partial charge is 0.351 e. The molecule has 1 N–H and O–H groups in total. The molecule has 1 unspecified atom stereocenters. The molecule has 0 bridgehead atoms. The molecule has 0 radical (unpaired) electrons. The van der Waals surface area contributed by atoms with Crippen molar-refractivity contribution in [3.05, 3.63) is 10.6 Å². The van der Waals surface area contributed by atoms with Crippen LogP contribution in [-0.4, -0.2) is 27.4 Å². The molecule has 0 aliphatic carbocycles. The Morgan fingerprint density at radius 1 is 1.50 bits per heavy atom. The lowest BCUT2D eigenvalue weighted by Gasteiger charge is -2.09. The van der Waals surface area contributed by atoms with E-state index in [2.05, 4.69) is 37.8 Å². The van der Waals surface area contributed by atoms with Crippen LogP contribution in [0.4, 0.5) is 0 Å². The fourth-order valence-electron chi connectivity index (χ4n) is 1.13. The van der Waals surface area contributed by atoms with Gasteiger partial charge in [0.25, 0.3) is 5.91 Å². The Hall–Kier alpha value is -0.490. The first-order valence-corrected chi connectivity index (χ1v) is 7.12. The summed E-state index contributed by atoms with van der Waals surface area (Å²) >= 11 is 4.54. The fourth-order valence-corrected chi connectivity index (χ4v) is 2.10. The van der Waals surface area contributed by atoms with Gasteiger partial charge in [0, 0.05) is 11.9 Å². The highest BCUT2D eigenvalue weighted by Gasteiger charge is 2.18. The Bertz CT molecular complexity index is 354. The van der Waals surface area contributed by atoms with Crippen molar-refractivity contribution >= 4 is 33.4 Å². The summed E-state index contributed by atoms with van der Waals surface area (Å²) in [7, 11) is 0. The van der Waals surface area contributed by atoms with E-state index in [0.717, 1.165) is 22.6 Å². The van der Waals surface area contributed by atoms with Crippen LogP contribution in [0.1, 0.15) is 42.1 Å². The van der Waals surface area contributed by atoms with Crippen LogP contribution >= 0.6 is 27.5 Å². The number of carbonyl (C=O) groups excluding carboxylic acids is 1. The van der Waals surface area contributed by atoms with Crippen molar-refractivity contribution in [2.24, 2.45) is 5.92 Å². The molecule has 0 fully saturated rings. The quantitative estimate of drug-likeness (QED) is 0.850. The van der Waals surface area contributed by atoms with Gasteiger partial charge in [-0.2, -0.15) is 0 Å². The summed E-state index contributed by atoms with van der Waals surface area (Å²) in [6, 6.07) is 0. The van der Waals surface area contributed by atoms with E-state index in [9.17, 15) is 4.79 Å². The fraction of sp³-hybridized carbons (Fsp3) is 0.700. The van der Waals surface area contributed by atoms with Gasteiger partial charge in [-0.05, 0) is 23.4 Å². The minimum Gasteiger partial charge on any atom is -0.351 e. The molecule has 16 heavy (non-hydrogen) atoms. The predicted octanol–water partition coefficient (Wildman–Crippen LogP) is 2.42. The smallest absolute Gasteiger partial charge is 0.264 e. The summed E-state index contributed by atoms with van der Waals surface area (Å²) in [4.78, 5) is 12.5. The molecule has 1 amide bonds. The van der Waals surface area contributed by atoms with Crippen molar-refractivity contribution in [2.75, 3.05) is 11.9 Å². The normalized spacial score (nSPS) is 12.8. The van der Waals surface area contributed by atoms with Crippen LogP contribution in [0.25, 0.3) is 0 Å². The van der Waals surface area contributed by atoms with Crippen LogP contribution in [0.3, 0.4) is 0 Å². The number of aromatic nitrogens is 2. The minimum absolute atomic E-state index is 0.0634. The Labute approximate surface area is 108 Å². The zero-order chi connectivity index (χ0) is 12.1. The maximum Gasteiger partial charge on any atom is 0.264 e. The molecule has 0 spiro atoms. The van der Waals surface area contributed by atoms with Gasteiger partial charge in [-0.15, -0.1) is 5.10 Å². The highest BCUT2D eigenvalue weighted by molar-refractivity contribution is 9.09. The Balaban J connectivity index is 2.62. The molecule has 0 saturated heterocycles. The SMILES string of the molecule is CC(CBr)CNC(=O)c1snnc1C(C)C. The second kappa shape index (κ2) is 6.30. The third-order valence-corrected chi connectivity index (χ3v) is 3.99. The number of halogens is 1. The van der Waals surface area contributed by atoms with Gasteiger partial charge in [0.05, 0.1) is 5.69 Å². The number of amides is 1. The molecule has 1 rings (SSSR count). The van der Waals surface area contributed by atoms with Gasteiger partial charge < -0.3 is 5.32 Å². The summed E-state index contributed by atoms with van der Waals surface area (Å²) < 4.78 is 3.83. The number of carbonyl (C=O) groups is 1. The van der Waals surface area contributed by atoms with E-state index in [0.29, 0.717) is 17.3 Å². The van der Waals surface area contributed by atoms with Crippen LogP contribution < -0.4 is 5.32 Å². The predicted molar refractivity (Wildman–Crippen MR) is 69.3 cm³/mol. The van der Waals surface area contributed by atoms with E-state index in [1.807, 2.05) is 13.8 Å². The van der Waals surface area contributed by atoms with E-state index in [1.54, 1.807) is 0 Å². The molecular formula is C10H16BrN3OS. The zero-order valence-corrected chi connectivity index (χ0v) is 12.1. The first kappa shape index (κ1) is 13.6. The van der Waals surface area contributed by atoms with Crippen LogP contribution in [-0.2, 0) is 0 Å². The molecule has 1 aromatic heterocycles. The van der Waals surface area contributed by atoms with E-state index in [-0.39, 0.29) is 11.8 Å². The van der Waals surface area contributed by atoms with E-state index < -0.39 is 0 Å². The Morgan fingerprint density at radius 2 is 2.19 bits per heavy atom. The summed E-state index contributed by atoms with van der Waals surface area (Å²) in [6.07, 6.45) is 0. The maximum atomic E-state index is 11.9. The lowest BCUT2D eigenvalue weighted by atomic mass is 10.1. The summed E-state index contributed by atoms with van der Waals surface area (Å²) in [5.74, 6) is 0.590. The van der Waals surface area contributed by atoms with Crippen molar-refractivity contribution in [1.29, 1.82) is 0 Å². The summed E-state index contributed by atoms with van der Waals surface area (Å²) in [5, 5.41) is 7.76. The van der Waals surface area contributed by atoms with Gasteiger partial charge in [-0.1, -0.05) is 41.2 Å². The van der Waals surface area contributed by atoms with Gasteiger partial charge in [-0.25, -0.2) is 0 Å². The number of alkyl halides is 1. The standard InChI is InChI=1S/C10H16BrN3OS/c1-6(2)8-9(16-14-13-8)10(15)12-5-7(3)4-11/h6-7H,4-5H2,1-3H3,(H,12,15). The molecular weight excluding hydrogens is 290 g/mol. The number of hydrogen-bond acceptors (Lipinski definition) is 4. The van der Waals surface area contributed by atoms with Gasteiger partial charge in [0.2, 0.25) is 0 Å². The van der Waals surface area contributed by atoms with Crippen LogP contribution in [0.5, 0.6) is 0 Å². The average molecular weight is 306 g/mol. The Morgan fingerprint density at radius 3 is 2.75 bits per heavy atom. The number of rotatable bonds is 5. The monoisotopic (exact) mass is 305 g/mol. The number of hydrogen-bond donors (Lipinski definition) is 1. The highest BCUT2D eigenvalue weighted by atomic mass is 79.9.